The van der Waals surface area contributed by atoms with Crippen LogP contribution in [0.1, 0.15) is 24.8 Å². The number of nitrogens with zero attached hydrogens (tertiary/aromatic N) is 2. The zero-order valence-electron chi connectivity index (χ0n) is 12.2. The van der Waals surface area contributed by atoms with Crippen LogP contribution in [0.4, 0.5) is 13.2 Å². The fraction of sp³-hybridized carbons (Fsp3) is 0.643. The summed E-state index contributed by atoms with van der Waals surface area (Å²) in [5.41, 5.74) is -1.79. The van der Waals surface area contributed by atoms with Gasteiger partial charge in [0.05, 0.1) is 7.11 Å². The molecule has 22 heavy (non-hydrogen) atoms. The molecular formula is C14H18ClF3N2O2. The molecule has 4 nitrogen and oxygen atoms in total. The second-order valence-corrected chi connectivity index (χ2v) is 5.90. The van der Waals surface area contributed by atoms with Gasteiger partial charge in [0.2, 0.25) is 5.88 Å². The van der Waals surface area contributed by atoms with Crippen LogP contribution in [-0.4, -0.2) is 47.0 Å². The van der Waals surface area contributed by atoms with Gasteiger partial charge in [0, 0.05) is 19.3 Å². The molecule has 8 heteroatoms. The molecular weight excluding hydrogens is 321 g/mol. The SMILES string of the molecule is COc1ncc(CN2CCCC(O)(C(F)(F)F)CC2)cc1Cl. The van der Waals surface area contributed by atoms with Crippen molar-refractivity contribution in [1.29, 1.82) is 0 Å². The number of ether oxygens (including phenoxy) is 1. The Labute approximate surface area is 131 Å². The quantitative estimate of drug-likeness (QED) is 0.920. The predicted octanol–water partition coefficient (Wildman–Crippen LogP) is 3.02. The summed E-state index contributed by atoms with van der Waals surface area (Å²) in [6.07, 6.45) is -3.31. The molecule has 1 aliphatic rings. The van der Waals surface area contributed by atoms with E-state index in [1.807, 2.05) is 4.90 Å². The van der Waals surface area contributed by atoms with Crippen molar-refractivity contribution in [1.82, 2.24) is 9.88 Å². The van der Waals surface area contributed by atoms with Crippen LogP contribution in [0.5, 0.6) is 5.88 Å². The van der Waals surface area contributed by atoms with E-state index in [-0.39, 0.29) is 25.8 Å². The number of aliphatic hydroxyl groups is 1. The Bertz CT molecular complexity index is 527. The summed E-state index contributed by atoms with van der Waals surface area (Å²) < 4.78 is 43.6. The monoisotopic (exact) mass is 338 g/mol. The normalized spacial score (nSPS) is 24.1. The average molecular weight is 339 g/mol. The van der Waals surface area contributed by atoms with Crippen molar-refractivity contribution >= 4 is 11.6 Å². The van der Waals surface area contributed by atoms with Gasteiger partial charge in [0.25, 0.3) is 0 Å². The van der Waals surface area contributed by atoms with Crippen LogP contribution in [0.15, 0.2) is 12.3 Å². The van der Waals surface area contributed by atoms with Crippen molar-refractivity contribution in [2.45, 2.75) is 37.6 Å². The van der Waals surface area contributed by atoms with Gasteiger partial charge < -0.3 is 9.84 Å². The van der Waals surface area contributed by atoms with Gasteiger partial charge in [-0.15, -0.1) is 0 Å². The van der Waals surface area contributed by atoms with Crippen LogP contribution in [0.3, 0.4) is 0 Å². The maximum Gasteiger partial charge on any atom is 0.417 e. The molecule has 0 radical (unpaired) electrons. The van der Waals surface area contributed by atoms with Crippen molar-refractivity contribution < 1.29 is 23.0 Å². The van der Waals surface area contributed by atoms with E-state index in [4.69, 9.17) is 16.3 Å². The summed E-state index contributed by atoms with van der Waals surface area (Å²) >= 11 is 5.99. The molecule has 1 fully saturated rings. The van der Waals surface area contributed by atoms with Gasteiger partial charge in [-0.2, -0.15) is 13.2 Å². The number of hydrogen-bond donors (Lipinski definition) is 1. The van der Waals surface area contributed by atoms with E-state index < -0.39 is 11.8 Å². The van der Waals surface area contributed by atoms with Gasteiger partial charge in [0.1, 0.15) is 5.02 Å². The molecule has 0 saturated carbocycles. The summed E-state index contributed by atoms with van der Waals surface area (Å²) in [5, 5.41) is 10.1. The summed E-state index contributed by atoms with van der Waals surface area (Å²) in [7, 11) is 1.46. The molecule has 0 spiro atoms. The van der Waals surface area contributed by atoms with Crippen molar-refractivity contribution in [2.75, 3.05) is 20.2 Å². The summed E-state index contributed by atoms with van der Waals surface area (Å²) in [6.45, 7) is 1.09. The third kappa shape index (κ3) is 3.83. The van der Waals surface area contributed by atoms with Crippen molar-refractivity contribution in [2.24, 2.45) is 0 Å². The maximum absolute atomic E-state index is 12.9. The van der Waals surface area contributed by atoms with Crippen molar-refractivity contribution in [3.05, 3.63) is 22.8 Å². The Morgan fingerprint density at radius 3 is 2.73 bits per heavy atom. The standard InChI is InChI=1S/C14H18ClF3N2O2/c1-22-12-11(15)7-10(8-19-12)9-20-5-2-3-13(21,4-6-20)14(16,17)18/h7-8,21H,2-6,9H2,1H3. The van der Waals surface area contributed by atoms with Gasteiger partial charge in [-0.05, 0) is 37.4 Å². The maximum atomic E-state index is 12.9. The molecule has 1 atom stereocenters. The van der Waals surface area contributed by atoms with Crippen LogP contribution < -0.4 is 4.74 Å². The zero-order valence-corrected chi connectivity index (χ0v) is 12.9. The van der Waals surface area contributed by atoms with Crippen LogP contribution in [0, 0.1) is 0 Å². The molecule has 1 saturated heterocycles. The number of aromatic nitrogens is 1. The zero-order chi connectivity index (χ0) is 16.4. The molecule has 1 unspecified atom stereocenters. The molecule has 0 amide bonds. The second-order valence-electron chi connectivity index (χ2n) is 5.49. The number of methoxy groups -OCH3 is 1. The number of likely N-dealkylation sites (tertiary alicyclic amines) is 1. The van der Waals surface area contributed by atoms with Gasteiger partial charge in [-0.3, -0.25) is 4.90 Å². The first kappa shape index (κ1) is 17.3. The minimum atomic E-state index is -4.59. The van der Waals surface area contributed by atoms with Crippen LogP contribution in [0.25, 0.3) is 0 Å². The number of rotatable bonds is 3. The lowest BCUT2D eigenvalue weighted by atomic mass is 9.94. The lowest BCUT2D eigenvalue weighted by Crippen LogP contribution is -2.45. The molecule has 0 aromatic carbocycles. The highest BCUT2D eigenvalue weighted by Crippen LogP contribution is 2.38. The number of alkyl halides is 3. The van der Waals surface area contributed by atoms with E-state index >= 15 is 0 Å². The third-order valence-corrected chi connectivity index (χ3v) is 4.17. The lowest BCUT2D eigenvalue weighted by Gasteiger charge is -2.29. The van der Waals surface area contributed by atoms with Crippen LogP contribution >= 0.6 is 11.6 Å². The summed E-state index contributed by atoms with van der Waals surface area (Å²) in [6, 6.07) is 1.69. The Kier molecular flexibility index (Phi) is 5.19. The Morgan fingerprint density at radius 2 is 2.14 bits per heavy atom. The summed E-state index contributed by atoms with van der Waals surface area (Å²) in [4.78, 5) is 5.91. The first-order valence-corrected chi connectivity index (χ1v) is 7.33. The molecule has 0 aliphatic carbocycles. The Morgan fingerprint density at radius 1 is 1.41 bits per heavy atom. The van der Waals surface area contributed by atoms with Crippen LogP contribution in [-0.2, 0) is 6.54 Å². The van der Waals surface area contributed by atoms with E-state index in [1.54, 1.807) is 12.3 Å². The van der Waals surface area contributed by atoms with Gasteiger partial charge in [-0.1, -0.05) is 11.6 Å². The highest BCUT2D eigenvalue weighted by Gasteiger charge is 2.53. The molecule has 1 aromatic rings. The minimum Gasteiger partial charge on any atom is -0.480 e. The highest BCUT2D eigenvalue weighted by molar-refractivity contribution is 6.31. The fourth-order valence-electron chi connectivity index (χ4n) is 2.58. The average Bonchev–Trinajstić information content (AvgIpc) is 2.62. The number of hydrogen-bond acceptors (Lipinski definition) is 4. The van der Waals surface area contributed by atoms with Crippen LogP contribution in [0.2, 0.25) is 5.02 Å². The largest absolute Gasteiger partial charge is 0.480 e. The molecule has 1 N–H and O–H groups in total. The van der Waals surface area contributed by atoms with E-state index in [9.17, 15) is 18.3 Å². The van der Waals surface area contributed by atoms with Gasteiger partial charge in [0.15, 0.2) is 5.60 Å². The number of pyridine rings is 1. The highest BCUT2D eigenvalue weighted by atomic mass is 35.5. The smallest absolute Gasteiger partial charge is 0.417 e. The molecule has 2 heterocycles. The van der Waals surface area contributed by atoms with E-state index in [1.165, 1.54) is 7.11 Å². The summed E-state index contributed by atoms with van der Waals surface area (Å²) in [5.74, 6) is 0.313. The molecule has 0 bridgehead atoms. The van der Waals surface area contributed by atoms with E-state index in [2.05, 4.69) is 4.98 Å². The van der Waals surface area contributed by atoms with E-state index in [0.29, 0.717) is 24.0 Å². The number of halogens is 4. The van der Waals surface area contributed by atoms with Gasteiger partial charge in [-0.25, -0.2) is 4.98 Å². The Balaban J connectivity index is 2.02. The minimum absolute atomic E-state index is 0.166. The van der Waals surface area contributed by atoms with Crippen molar-refractivity contribution in [3.63, 3.8) is 0 Å². The fourth-order valence-corrected chi connectivity index (χ4v) is 2.84. The molecule has 2 rings (SSSR count). The first-order chi connectivity index (χ1) is 10.2. The van der Waals surface area contributed by atoms with Crippen molar-refractivity contribution in [3.8, 4) is 5.88 Å². The molecule has 124 valence electrons. The first-order valence-electron chi connectivity index (χ1n) is 6.95. The molecule has 1 aliphatic heterocycles. The van der Waals surface area contributed by atoms with E-state index in [0.717, 1.165) is 5.56 Å². The topological polar surface area (TPSA) is 45.6 Å². The van der Waals surface area contributed by atoms with Gasteiger partial charge >= 0.3 is 6.18 Å². The molecule has 1 aromatic heterocycles. The predicted molar refractivity (Wildman–Crippen MR) is 75.9 cm³/mol. The lowest BCUT2D eigenvalue weighted by molar-refractivity contribution is -0.263. The third-order valence-electron chi connectivity index (χ3n) is 3.90. The second kappa shape index (κ2) is 6.60. The Hall–Kier alpha value is -1.05.